The number of rotatable bonds is 13. The minimum atomic E-state index is -4.23. The van der Waals surface area contributed by atoms with E-state index in [1.165, 1.54) is 29.2 Å². The van der Waals surface area contributed by atoms with Gasteiger partial charge in [-0.05, 0) is 86.5 Å². The Bertz CT molecular complexity index is 1450. The van der Waals surface area contributed by atoms with Crippen LogP contribution in [0.25, 0.3) is 0 Å². The molecule has 1 N–H and O–H groups in total. The summed E-state index contributed by atoms with van der Waals surface area (Å²) in [5, 5.41) is 3.78. The molecule has 41 heavy (non-hydrogen) atoms. The number of ether oxygens (including phenoxy) is 1. The van der Waals surface area contributed by atoms with E-state index in [1.54, 1.807) is 56.3 Å². The maximum absolute atomic E-state index is 14.0. The highest BCUT2D eigenvalue weighted by molar-refractivity contribution is 7.92. The molecule has 0 bridgehead atoms. The molecule has 0 unspecified atom stereocenters. The summed E-state index contributed by atoms with van der Waals surface area (Å²) in [5.41, 5.74) is 0.876. The van der Waals surface area contributed by atoms with Crippen molar-refractivity contribution in [2.75, 3.05) is 24.0 Å². The normalized spacial score (nSPS) is 12.0. The SMILES string of the molecule is CCNC(=O)[C@H](CC)N(Cc1ccc(Cl)c(Cl)c1)C(=O)CN(c1ccc(OCC)cc1)S(=O)(=O)c1ccc(Cl)cc1. The van der Waals surface area contributed by atoms with Gasteiger partial charge in [-0.3, -0.25) is 13.9 Å². The van der Waals surface area contributed by atoms with Crippen molar-refractivity contribution in [1.29, 1.82) is 0 Å². The summed E-state index contributed by atoms with van der Waals surface area (Å²) in [6.45, 7) is 5.64. The molecule has 0 aliphatic carbocycles. The molecule has 0 aromatic heterocycles. The number of carbonyl (C=O) groups is 2. The third-order valence-electron chi connectivity index (χ3n) is 6.19. The van der Waals surface area contributed by atoms with Gasteiger partial charge in [0.05, 0.1) is 27.2 Å². The number of amides is 2. The molecule has 8 nitrogen and oxygen atoms in total. The van der Waals surface area contributed by atoms with Crippen LogP contribution in [-0.2, 0) is 26.2 Å². The lowest BCUT2D eigenvalue weighted by Crippen LogP contribution is -2.52. The molecule has 0 saturated heterocycles. The lowest BCUT2D eigenvalue weighted by molar-refractivity contribution is -0.140. The first kappa shape index (κ1) is 32.5. The summed E-state index contributed by atoms with van der Waals surface area (Å²) >= 11 is 18.3. The molecule has 3 aromatic rings. The van der Waals surface area contributed by atoms with Crippen LogP contribution in [0.1, 0.15) is 32.8 Å². The molecule has 12 heteroatoms. The fraction of sp³-hybridized carbons (Fsp3) is 0.310. The van der Waals surface area contributed by atoms with E-state index in [-0.39, 0.29) is 23.0 Å². The van der Waals surface area contributed by atoms with Gasteiger partial charge in [-0.2, -0.15) is 0 Å². The highest BCUT2D eigenvalue weighted by atomic mass is 35.5. The smallest absolute Gasteiger partial charge is 0.264 e. The number of benzene rings is 3. The van der Waals surface area contributed by atoms with Gasteiger partial charge in [0, 0.05) is 18.1 Å². The van der Waals surface area contributed by atoms with Crippen molar-refractivity contribution in [2.45, 2.75) is 44.7 Å². The minimum absolute atomic E-state index is 0.00345. The van der Waals surface area contributed by atoms with Crippen molar-refractivity contribution >= 4 is 62.3 Å². The summed E-state index contributed by atoms with van der Waals surface area (Å²) in [6.07, 6.45) is 0.298. The van der Waals surface area contributed by atoms with E-state index in [0.29, 0.717) is 46.0 Å². The van der Waals surface area contributed by atoms with Crippen LogP contribution in [0, 0.1) is 0 Å². The highest BCUT2D eigenvalue weighted by Gasteiger charge is 2.33. The fourth-order valence-corrected chi connectivity index (χ4v) is 6.04. The summed E-state index contributed by atoms with van der Waals surface area (Å²) in [5.74, 6) is -0.382. The first-order valence-electron chi connectivity index (χ1n) is 13.0. The topological polar surface area (TPSA) is 96.0 Å². The van der Waals surface area contributed by atoms with Gasteiger partial charge in [-0.15, -0.1) is 0 Å². The number of sulfonamides is 1. The van der Waals surface area contributed by atoms with Gasteiger partial charge in [0.15, 0.2) is 0 Å². The van der Waals surface area contributed by atoms with Crippen LogP contribution < -0.4 is 14.4 Å². The molecule has 1 atom stereocenters. The van der Waals surface area contributed by atoms with Gasteiger partial charge >= 0.3 is 0 Å². The van der Waals surface area contributed by atoms with E-state index in [4.69, 9.17) is 39.5 Å². The fourth-order valence-electron chi connectivity index (χ4n) is 4.18. The number of likely N-dealkylation sites (N-methyl/N-ethyl adjacent to an activating group) is 1. The van der Waals surface area contributed by atoms with E-state index >= 15 is 0 Å². The van der Waals surface area contributed by atoms with Crippen LogP contribution in [0.5, 0.6) is 5.75 Å². The number of nitrogens with one attached hydrogen (secondary N) is 1. The Kier molecular flexibility index (Phi) is 11.7. The molecule has 220 valence electrons. The van der Waals surface area contributed by atoms with E-state index in [2.05, 4.69) is 5.32 Å². The van der Waals surface area contributed by atoms with Gasteiger partial charge in [0.2, 0.25) is 11.8 Å². The quantitative estimate of drug-likeness (QED) is 0.241. The lowest BCUT2D eigenvalue weighted by atomic mass is 10.1. The summed E-state index contributed by atoms with van der Waals surface area (Å²) in [6, 6.07) is 16.1. The van der Waals surface area contributed by atoms with Crippen LogP contribution in [0.3, 0.4) is 0 Å². The van der Waals surface area contributed by atoms with Crippen molar-refractivity contribution in [1.82, 2.24) is 10.2 Å². The molecular weight excluding hydrogens is 609 g/mol. The van der Waals surface area contributed by atoms with E-state index in [1.807, 2.05) is 6.92 Å². The number of anilines is 1. The molecule has 0 fully saturated rings. The maximum Gasteiger partial charge on any atom is 0.264 e. The van der Waals surface area contributed by atoms with Crippen molar-refractivity contribution in [3.8, 4) is 5.75 Å². The number of hydrogen-bond donors (Lipinski definition) is 1. The van der Waals surface area contributed by atoms with Crippen molar-refractivity contribution in [3.63, 3.8) is 0 Å². The molecular formula is C29H32Cl3N3O5S. The molecule has 0 radical (unpaired) electrons. The van der Waals surface area contributed by atoms with Crippen molar-refractivity contribution < 1.29 is 22.7 Å². The third-order valence-corrected chi connectivity index (χ3v) is 8.97. The third kappa shape index (κ3) is 8.29. The van der Waals surface area contributed by atoms with Gasteiger partial charge in [0.1, 0.15) is 18.3 Å². The van der Waals surface area contributed by atoms with Crippen LogP contribution in [0.15, 0.2) is 71.6 Å². The molecule has 0 heterocycles. The second-order valence-electron chi connectivity index (χ2n) is 8.98. The minimum Gasteiger partial charge on any atom is -0.494 e. The van der Waals surface area contributed by atoms with Gasteiger partial charge in [-0.25, -0.2) is 8.42 Å². The summed E-state index contributed by atoms with van der Waals surface area (Å²) in [4.78, 5) is 28.4. The number of nitrogens with zero attached hydrogens (tertiary/aromatic N) is 2. The largest absolute Gasteiger partial charge is 0.494 e. The summed E-state index contributed by atoms with van der Waals surface area (Å²) < 4.78 is 34.3. The Morgan fingerprint density at radius 3 is 2.12 bits per heavy atom. The van der Waals surface area contributed by atoms with Gasteiger partial charge < -0.3 is 15.0 Å². The molecule has 0 spiro atoms. The highest BCUT2D eigenvalue weighted by Crippen LogP contribution is 2.28. The Morgan fingerprint density at radius 2 is 1.56 bits per heavy atom. The van der Waals surface area contributed by atoms with Gasteiger partial charge in [0.25, 0.3) is 10.0 Å². The number of hydrogen-bond acceptors (Lipinski definition) is 5. The zero-order valence-electron chi connectivity index (χ0n) is 22.9. The maximum atomic E-state index is 14.0. The van der Waals surface area contributed by atoms with E-state index in [0.717, 1.165) is 4.31 Å². The van der Waals surface area contributed by atoms with E-state index < -0.39 is 28.5 Å². The monoisotopic (exact) mass is 639 g/mol. The second-order valence-corrected chi connectivity index (χ2v) is 12.1. The van der Waals surface area contributed by atoms with Crippen LogP contribution in [0.4, 0.5) is 5.69 Å². The lowest BCUT2D eigenvalue weighted by Gasteiger charge is -2.33. The predicted molar refractivity (Wildman–Crippen MR) is 163 cm³/mol. The van der Waals surface area contributed by atoms with Crippen molar-refractivity contribution in [3.05, 3.63) is 87.4 Å². The number of halogens is 3. The molecule has 2 amide bonds. The zero-order valence-corrected chi connectivity index (χ0v) is 26.0. The average Bonchev–Trinajstić information content (AvgIpc) is 2.94. The zero-order chi connectivity index (χ0) is 30.2. The Balaban J connectivity index is 2.07. The Hall–Kier alpha value is -2.98. The van der Waals surface area contributed by atoms with Crippen LogP contribution in [0.2, 0.25) is 15.1 Å². The molecule has 0 aliphatic heterocycles. The summed E-state index contributed by atoms with van der Waals surface area (Å²) in [7, 11) is -4.23. The van der Waals surface area contributed by atoms with Crippen LogP contribution >= 0.6 is 34.8 Å². The molecule has 0 saturated carbocycles. The second kappa shape index (κ2) is 14.8. The van der Waals surface area contributed by atoms with E-state index in [9.17, 15) is 18.0 Å². The van der Waals surface area contributed by atoms with Gasteiger partial charge in [-0.1, -0.05) is 47.8 Å². The number of carbonyl (C=O) groups excluding carboxylic acids is 2. The average molecular weight is 641 g/mol. The molecule has 3 rings (SSSR count). The first-order chi connectivity index (χ1) is 19.5. The Labute approximate surface area is 256 Å². The van der Waals surface area contributed by atoms with Crippen LogP contribution in [-0.4, -0.2) is 50.9 Å². The first-order valence-corrected chi connectivity index (χ1v) is 15.6. The Morgan fingerprint density at radius 1 is 0.902 bits per heavy atom. The van der Waals surface area contributed by atoms with Crippen molar-refractivity contribution in [2.24, 2.45) is 0 Å². The standard InChI is InChI=1S/C29H32Cl3N3O5S/c1-4-27(29(37)33-5-2)34(18-20-7-16-25(31)26(32)17-20)28(36)19-35(22-10-12-23(13-11-22)40-6-3)41(38,39)24-14-8-21(30)9-15-24/h7-17,27H,4-6,18-19H2,1-3H3,(H,33,37)/t27-/m0/s1. The predicted octanol–water partition coefficient (Wildman–Crippen LogP) is 6.18. The molecule has 3 aromatic carbocycles. The molecule has 0 aliphatic rings.